The summed E-state index contributed by atoms with van der Waals surface area (Å²) >= 11 is 0. The zero-order valence-electron chi connectivity index (χ0n) is 12.0. The van der Waals surface area contributed by atoms with E-state index in [1.807, 2.05) is 13.1 Å². The molecule has 4 nitrogen and oxygen atoms in total. The van der Waals surface area contributed by atoms with Crippen LogP contribution < -0.4 is 10.1 Å². The minimum Gasteiger partial charge on any atom is -0.493 e. The van der Waals surface area contributed by atoms with Gasteiger partial charge in [-0.2, -0.15) is 0 Å². The first kappa shape index (κ1) is 13.9. The molecule has 2 aliphatic rings. The fraction of sp³-hybridized carbons (Fsp3) is 0.625. The summed E-state index contributed by atoms with van der Waals surface area (Å²) in [6.45, 7) is 2.91. The first-order valence-electron chi connectivity index (χ1n) is 7.47. The molecule has 0 bridgehead atoms. The Hall–Kier alpha value is -1.10. The van der Waals surface area contributed by atoms with Gasteiger partial charge in [0.25, 0.3) is 0 Å². The molecule has 1 saturated heterocycles. The second-order valence-corrected chi connectivity index (χ2v) is 5.49. The van der Waals surface area contributed by atoms with Crippen LogP contribution >= 0.6 is 0 Å². The third-order valence-electron chi connectivity index (χ3n) is 4.28. The van der Waals surface area contributed by atoms with Crippen molar-refractivity contribution in [3.8, 4) is 5.75 Å². The third kappa shape index (κ3) is 2.97. The summed E-state index contributed by atoms with van der Waals surface area (Å²) in [6, 6.07) is 8.70. The number of hydrogen-bond acceptors (Lipinski definition) is 4. The lowest BCUT2D eigenvalue weighted by molar-refractivity contribution is -0.102. The van der Waals surface area contributed by atoms with Crippen LogP contribution in [0.25, 0.3) is 0 Å². The molecule has 2 heterocycles. The summed E-state index contributed by atoms with van der Waals surface area (Å²) in [5, 5.41) is 3.40. The van der Waals surface area contributed by atoms with Crippen LogP contribution in [0.3, 0.4) is 0 Å². The number of hydrogen-bond donors (Lipinski definition) is 1. The maximum absolute atomic E-state index is 5.84. The molecule has 0 spiro atoms. The molecule has 20 heavy (non-hydrogen) atoms. The van der Waals surface area contributed by atoms with Crippen molar-refractivity contribution in [2.45, 2.75) is 30.9 Å². The molecule has 0 aliphatic carbocycles. The number of likely N-dealkylation sites (N-methyl/N-ethyl adjacent to an activating group) is 1. The summed E-state index contributed by atoms with van der Waals surface area (Å²) in [7, 11) is 2.01. The van der Waals surface area contributed by atoms with E-state index < -0.39 is 0 Å². The van der Waals surface area contributed by atoms with Crippen molar-refractivity contribution in [2.75, 3.05) is 33.5 Å². The van der Waals surface area contributed by atoms with Gasteiger partial charge in [0.1, 0.15) is 5.75 Å². The highest BCUT2D eigenvalue weighted by Gasteiger charge is 2.29. The van der Waals surface area contributed by atoms with E-state index in [1.54, 1.807) is 0 Å². The number of benzene rings is 1. The van der Waals surface area contributed by atoms with Crippen LogP contribution in [-0.2, 0) is 9.47 Å². The van der Waals surface area contributed by atoms with Gasteiger partial charge in [-0.05, 0) is 37.4 Å². The number of rotatable bonds is 4. The third-order valence-corrected chi connectivity index (χ3v) is 4.28. The van der Waals surface area contributed by atoms with Gasteiger partial charge in [0.2, 0.25) is 0 Å². The molecule has 0 radical (unpaired) electrons. The van der Waals surface area contributed by atoms with Gasteiger partial charge in [-0.15, -0.1) is 0 Å². The average Bonchev–Trinajstić information content (AvgIpc) is 2.53. The molecule has 2 aliphatic heterocycles. The summed E-state index contributed by atoms with van der Waals surface area (Å²) in [5.41, 5.74) is 1.33. The molecule has 1 aromatic rings. The lowest BCUT2D eigenvalue weighted by atomic mass is 9.86. The highest BCUT2D eigenvalue weighted by molar-refractivity contribution is 5.37. The molecular weight excluding hydrogens is 254 g/mol. The topological polar surface area (TPSA) is 39.7 Å². The zero-order chi connectivity index (χ0) is 13.8. The van der Waals surface area contributed by atoms with Crippen LogP contribution in [0.5, 0.6) is 5.75 Å². The molecule has 1 N–H and O–H groups in total. The highest BCUT2D eigenvalue weighted by Crippen LogP contribution is 2.36. The normalized spacial score (nSPS) is 27.4. The molecule has 1 fully saturated rings. The van der Waals surface area contributed by atoms with Gasteiger partial charge in [-0.3, -0.25) is 0 Å². The number of fused-ring (bicyclic) bond motifs is 1. The van der Waals surface area contributed by atoms with Crippen LogP contribution in [0, 0.1) is 0 Å². The maximum Gasteiger partial charge on any atom is 0.122 e. The Bertz CT molecular complexity index is 431. The maximum atomic E-state index is 5.84. The van der Waals surface area contributed by atoms with E-state index >= 15 is 0 Å². The van der Waals surface area contributed by atoms with E-state index in [2.05, 4.69) is 23.5 Å². The second-order valence-electron chi connectivity index (χ2n) is 5.49. The van der Waals surface area contributed by atoms with Crippen molar-refractivity contribution in [1.82, 2.24) is 5.32 Å². The summed E-state index contributed by atoms with van der Waals surface area (Å²) < 4.78 is 17.1. The Balaban J connectivity index is 1.70. The van der Waals surface area contributed by atoms with E-state index in [9.17, 15) is 0 Å². The van der Waals surface area contributed by atoms with Gasteiger partial charge in [-0.1, -0.05) is 18.2 Å². The van der Waals surface area contributed by atoms with Crippen molar-refractivity contribution < 1.29 is 14.2 Å². The van der Waals surface area contributed by atoms with Crippen LogP contribution in [0.4, 0.5) is 0 Å². The average molecular weight is 277 g/mol. The quantitative estimate of drug-likeness (QED) is 0.913. The van der Waals surface area contributed by atoms with Gasteiger partial charge in [0.15, 0.2) is 0 Å². The predicted molar refractivity (Wildman–Crippen MR) is 77.3 cm³/mol. The van der Waals surface area contributed by atoms with Gasteiger partial charge < -0.3 is 19.5 Å². The van der Waals surface area contributed by atoms with E-state index in [-0.39, 0.29) is 6.10 Å². The molecule has 0 saturated carbocycles. The molecule has 110 valence electrons. The molecule has 3 atom stereocenters. The Morgan fingerprint density at radius 1 is 1.25 bits per heavy atom. The van der Waals surface area contributed by atoms with E-state index in [4.69, 9.17) is 14.2 Å². The predicted octanol–water partition coefficient (Wildman–Crippen LogP) is 1.95. The molecule has 1 aromatic carbocycles. The standard InChI is InChI=1S/C16H23NO3/c1-17-14(16-11-18-8-9-20-16)10-12-6-7-19-15-5-3-2-4-13(12)15/h2-5,12,14,16-17H,6-11H2,1H3. The summed E-state index contributed by atoms with van der Waals surface area (Å²) in [6.07, 6.45) is 2.29. The number of nitrogens with one attached hydrogen (secondary N) is 1. The summed E-state index contributed by atoms with van der Waals surface area (Å²) in [5.74, 6) is 1.57. The molecule has 0 amide bonds. The number of para-hydroxylation sites is 1. The highest BCUT2D eigenvalue weighted by atomic mass is 16.6. The SMILES string of the molecule is CNC(CC1CCOc2ccccc21)C1COCCO1. The van der Waals surface area contributed by atoms with E-state index in [0.717, 1.165) is 25.2 Å². The van der Waals surface area contributed by atoms with Gasteiger partial charge in [0, 0.05) is 6.04 Å². The van der Waals surface area contributed by atoms with Crippen molar-refractivity contribution in [2.24, 2.45) is 0 Å². The largest absolute Gasteiger partial charge is 0.493 e. The summed E-state index contributed by atoms with van der Waals surface area (Å²) in [4.78, 5) is 0. The fourth-order valence-electron chi connectivity index (χ4n) is 3.16. The van der Waals surface area contributed by atoms with Crippen LogP contribution in [0.15, 0.2) is 24.3 Å². The zero-order valence-corrected chi connectivity index (χ0v) is 12.0. The van der Waals surface area contributed by atoms with Crippen LogP contribution in [0.2, 0.25) is 0 Å². The van der Waals surface area contributed by atoms with Crippen LogP contribution in [-0.4, -0.2) is 45.6 Å². The Kier molecular flexibility index (Phi) is 4.55. The molecular formula is C16H23NO3. The first-order chi connectivity index (χ1) is 9.88. The van der Waals surface area contributed by atoms with Gasteiger partial charge in [0.05, 0.1) is 32.5 Å². The minimum atomic E-state index is 0.156. The van der Waals surface area contributed by atoms with E-state index in [0.29, 0.717) is 31.8 Å². The lowest BCUT2D eigenvalue weighted by Crippen LogP contribution is -2.46. The Labute approximate surface area is 120 Å². The molecule has 3 unspecified atom stereocenters. The second kappa shape index (κ2) is 6.57. The minimum absolute atomic E-state index is 0.156. The van der Waals surface area contributed by atoms with Crippen LogP contribution in [0.1, 0.15) is 24.3 Å². The number of ether oxygens (including phenoxy) is 3. The monoisotopic (exact) mass is 277 g/mol. The smallest absolute Gasteiger partial charge is 0.122 e. The molecule has 4 heteroatoms. The van der Waals surface area contributed by atoms with Crippen molar-refractivity contribution in [3.05, 3.63) is 29.8 Å². The van der Waals surface area contributed by atoms with Gasteiger partial charge in [-0.25, -0.2) is 0 Å². The fourth-order valence-corrected chi connectivity index (χ4v) is 3.16. The lowest BCUT2D eigenvalue weighted by Gasteiger charge is -2.34. The van der Waals surface area contributed by atoms with Gasteiger partial charge >= 0.3 is 0 Å². The Morgan fingerprint density at radius 3 is 2.95 bits per heavy atom. The van der Waals surface area contributed by atoms with Crippen molar-refractivity contribution in [3.63, 3.8) is 0 Å². The van der Waals surface area contributed by atoms with Crippen molar-refractivity contribution >= 4 is 0 Å². The Morgan fingerprint density at radius 2 is 2.15 bits per heavy atom. The first-order valence-corrected chi connectivity index (χ1v) is 7.47. The molecule has 3 rings (SSSR count). The van der Waals surface area contributed by atoms with Crippen molar-refractivity contribution in [1.29, 1.82) is 0 Å². The van der Waals surface area contributed by atoms with E-state index in [1.165, 1.54) is 5.56 Å². The molecule has 0 aromatic heterocycles.